The first-order valence-corrected chi connectivity index (χ1v) is 7.57. The second kappa shape index (κ2) is 6.55. The summed E-state index contributed by atoms with van der Waals surface area (Å²) in [7, 11) is 0. The summed E-state index contributed by atoms with van der Waals surface area (Å²) in [4.78, 5) is 7.74. The molecule has 2 N–H and O–H groups in total. The molecule has 21 heavy (non-hydrogen) atoms. The van der Waals surface area contributed by atoms with Crippen molar-refractivity contribution in [1.82, 2.24) is 15.3 Å². The molecule has 0 aliphatic carbocycles. The number of hydrogen-bond acceptors (Lipinski definition) is 2. The van der Waals surface area contributed by atoms with Crippen molar-refractivity contribution in [1.29, 1.82) is 0 Å². The molecule has 0 aliphatic heterocycles. The minimum atomic E-state index is 0.823. The van der Waals surface area contributed by atoms with Gasteiger partial charge in [-0.25, -0.2) is 0 Å². The summed E-state index contributed by atoms with van der Waals surface area (Å²) in [5, 5.41) is 4.81. The first-order valence-electron chi connectivity index (χ1n) is 7.57. The third kappa shape index (κ3) is 3.14. The van der Waals surface area contributed by atoms with E-state index in [1.54, 1.807) is 0 Å². The molecule has 0 fully saturated rings. The largest absolute Gasteiger partial charge is 0.361 e. The predicted molar refractivity (Wildman–Crippen MR) is 87.3 cm³/mol. The van der Waals surface area contributed by atoms with Crippen molar-refractivity contribution in [2.75, 3.05) is 6.54 Å². The molecule has 2 aromatic heterocycles. The number of aromatic nitrogens is 2. The number of hydrogen-bond donors (Lipinski definition) is 2. The second-order valence-corrected chi connectivity index (χ2v) is 5.26. The highest BCUT2D eigenvalue weighted by Gasteiger charge is 2.06. The van der Waals surface area contributed by atoms with Crippen LogP contribution in [0.1, 0.15) is 23.7 Å². The van der Waals surface area contributed by atoms with E-state index in [-0.39, 0.29) is 0 Å². The quantitative estimate of drug-likeness (QED) is 0.678. The van der Waals surface area contributed by atoms with E-state index in [9.17, 15) is 0 Å². The van der Waals surface area contributed by atoms with Crippen molar-refractivity contribution >= 4 is 10.9 Å². The van der Waals surface area contributed by atoms with E-state index >= 15 is 0 Å². The summed E-state index contributed by atoms with van der Waals surface area (Å²) in [5.41, 5.74) is 5.15. The zero-order valence-electron chi connectivity index (χ0n) is 12.4. The average Bonchev–Trinajstić information content (AvgIpc) is 2.96. The lowest BCUT2D eigenvalue weighted by Gasteiger charge is -2.04. The van der Waals surface area contributed by atoms with Crippen LogP contribution in [0.25, 0.3) is 10.9 Å². The number of aromatic amines is 1. The van der Waals surface area contributed by atoms with Crippen molar-refractivity contribution < 1.29 is 0 Å². The lowest BCUT2D eigenvalue weighted by molar-refractivity contribution is 0.676. The van der Waals surface area contributed by atoms with Gasteiger partial charge in [0.2, 0.25) is 0 Å². The van der Waals surface area contributed by atoms with Gasteiger partial charge >= 0.3 is 0 Å². The van der Waals surface area contributed by atoms with Gasteiger partial charge in [-0.05, 0) is 42.6 Å². The van der Waals surface area contributed by atoms with Crippen LogP contribution in [-0.4, -0.2) is 16.5 Å². The molecule has 3 rings (SSSR count). The molecular weight excluding hydrogens is 258 g/mol. The third-order valence-electron chi connectivity index (χ3n) is 3.87. The van der Waals surface area contributed by atoms with Gasteiger partial charge in [-0.3, -0.25) is 4.98 Å². The van der Waals surface area contributed by atoms with Crippen LogP contribution in [0.4, 0.5) is 0 Å². The van der Waals surface area contributed by atoms with Gasteiger partial charge in [0.1, 0.15) is 0 Å². The average molecular weight is 279 g/mol. The molecule has 3 heteroatoms. The molecule has 0 bridgehead atoms. The van der Waals surface area contributed by atoms with E-state index in [2.05, 4.69) is 46.6 Å². The van der Waals surface area contributed by atoms with Crippen LogP contribution >= 0.6 is 0 Å². The Kier molecular flexibility index (Phi) is 4.31. The first kappa shape index (κ1) is 13.8. The fraction of sp³-hybridized carbons (Fsp3) is 0.278. The number of rotatable bonds is 6. The molecule has 108 valence electrons. The molecule has 1 aromatic carbocycles. The number of nitrogens with one attached hydrogen (secondary N) is 2. The SMILES string of the molecule is CCc1cccc2c(CCNCc3ccccn3)c[nH]c12. The number of H-pyrrole nitrogens is 1. The van der Waals surface area contributed by atoms with Crippen molar-refractivity contribution in [3.8, 4) is 0 Å². The first-order chi connectivity index (χ1) is 10.4. The fourth-order valence-electron chi connectivity index (χ4n) is 2.72. The van der Waals surface area contributed by atoms with Gasteiger partial charge in [0.05, 0.1) is 5.69 Å². The Morgan fingerprint density at radius 2 is 2.05 bits per heavy atom. The Labute approximate surface area is 125 Å². The number of pyridine rings is 1. The van der Waals surface area contributed by atoms with Gasteiger partial charge in [0, 0.05) is 29.8 Å². The summed E-state index contributed by atoms with van der Waals surface area (Å²) in [6.07, 6.45) is 6.07. The maximum absolute atomic E-state index is 4.32. The van der Waals surface area contributed by atoms with E-state index in [4.69, 9.17) is 0 Å². The summed E-state index contributed by atoms with van der Waals surface area (Å²) in [6, 6.07) is 12.6. The van der Waals surface area contributed by atoms with Crippen LogP contribution in [-0.2, 0) is 19.4 Å². The number of fused-ring (bicyclic) bond motifs is 1. The molecular formula is C18H21N3. The zero-order valence-corrected chi connectivity index (χ0v) is 12.4. The van der Waals surface area contributed by atoms with Gasteiger partial charge in [0.25, 0.3) is 0 Å². The smallest absolute Gasteiger partial charge is 0.0541 e. The van der Waals surface area contributed by atoms with Crippen LogP contribution in [0.15, 0.2) is 48.8 Å². The van der Waals surface area contributed by atoms with Gasteiger partial charge < -0.3 is 10.3 Å². The summed E-state index contributed by atoms with van der Waals surface area (Å²) < 4.78 is 0. The van der Waals surface area contributed by atoms with E-state index in [0.717, 1.165) is 31.6 Å². The molecule has 0 saturated carbocycles. The second-order valence-electron chi connectivity index (χ2n) is 5.26. The van der Waals surface area contributed by atoms with E-state index in [1.807, 2.05) is 24.4 Å². The van der Waals surface area contributed by atoms with Crippen LogP contribution < -0.4 is 5.32 Å². The highest BCUT2D eigenvalue weighted by Crippen LogP contribution is 2.22. The van der Waals surface area contributed by atoms with E-state index < -0.39 is 0 Å². The summed E-state index contributed by atoms with van der Waals surface area (Å²) in [6.45, 7) is 3.98. The number of benzene rings is 1. The molecule has 3 aromatic rings. The van der Waals surface area contributed by atoms with Crippen LogP contribution in [0.5, 0.6) is 0 Å². The number of nitrogens with zero attached hydrogens (tertiary/aromatic N) is 1. The maximum atomic E-state index is 4.32. The molecule has 2 heterocycles. The molecule has 0 atom stereocenters. The topological polar surface area (TPSA) is 40.7 Å². The van der Waals surface area contributed by atoms with E-state index in [1.165, 1.54) is 22.0 Å². The van der Waals surface area contributed by atoms with Crippen LogP contribution in [0, 0.1) is 0 Å². The van der Waals surface area contributed by atoms with Gasteiger partial charge in [-0.2, -0.15) is 0 Å². The molecule has 0 amide bonds. The Morgan fingerprint density at radius 1 is 1.10 bits per heavy atom. The Hall–Kier alpha value is -2.13. The molecule has 0 radical (unpaired) electrons. The lowest BCUT2D eigenvalue weighted by Crippen LogP contribution is -2.17. The lowest BCUT2D eigenvalue weighted by atomic mass is 10.1. The molecule has 0 spiro atoms. The van der Waals surface area contributed by atoms with Crippen LogP contribution in [0.2, 0.25) is 0 Å². The fourth-order valence-corrected chi connectivity index (χ4v) is 2.72. The van der Waals surface area contributed by atoms with Crippen molar-refractivity contribution in [2.24, 2.45) is 0 Å². The third-order valence-corrected chi connectivity index (χ3v) is 3.87. The Morgan fingerprint density at radius 3 is 2.86 bits per heavy atom. The highest BCUT2D eigenvalue weighted by molar-refractivity contribution is 5.86. The monoisotopic (exact) mass is 279 g/mol. The highest BCUT2D eigenvalue weighted by atomic mass is 14.9. The van der Waals surface area contributed by atoms with Gasteiger partial charge in [0.15, 0.2) is 0 Å². The molecule has 0 aliphatic rings. The minimum absolute atomic E-state index is 0.823. The molecule has 3 nitrogen and oxygen atoms in total. The number of para-hydroxylation sites is 1. The predicted octanol–water partition coefficient (Wildman–Crippen LogP) is 3.46. The maximum Gasteiger partial charge on any atom is 0.0541 e. The molecule has 0 saturated heterocycles. The van der Waals surface area contributed by atoms with Crippen molar-refractivity contribution in [2.45, 2.75) is 26.3 Å². The molecule has 0 unspecified atom stereocenters. The summed E-state index contributed by atoms with van der Waals surface area (Å²) in [5.74, 6) is 0. The normalized spacial score (nSPS) is 11.1. The van der Waals surface area contributed by atoms with E-state index in [0.29, 0.717) is 0 Å². The Balaban J connectivity index is 1.61. The standard InChI is InChI=1S/C18H21N3/c1-2-14-6-5-8-17-15(12-21-18(14)17)9-11-19-13-16-7-3-4-10-20-16/h3-8,10,12,19,21H,2,9,11,13H2,1H3. The van der Waals surface area contributed by atoms with Crippen LogP contribution in [0.3, 0.4) is 0 Å². The van der Waals surface area contributed by atoms with Crippen molar-refractivity contribution in [3.63, 3.8) is 0 Å². The Bertz CT molecular complexity index is 701. The summed E-state index contributed by atoms with van der Waals surface area (Å²) >= 11 is 0. The van der Waals surface area contributed by atoms with Crippen molar-refractivity contribution in [3.05, 3.63) is 65.6 Å². The van der Waals surface area contributed by atoms with Gasteiger partial charge in [-0.1, -0.05) is 31.2 Å². The zero-order chi connectivity index (χ0) is 14.5. The number of aryl methyl sites for hydroxylation is 1. The minimum Gasteiger partial charge on any atom is -0.361 e. The van der Waals surface area contributed by atoms with Gasteiger partial charge in [-0.15, -0.1) is 0 Å².